The number of carbonyl (C=O) groups is 1. The van der Waals surface area contributed by atoms with Crippen molar-refractivity contribution >= 4 is 11.6 Å². The van der Waals surface area contributed by atoms with Gasteiger partial charge in [-0.3, -0.25) is 9.36 Å². The quantitative estimate of drug-likeness (QED) is 0.381. The molecule has 2 heterocycles. The van der Waals surface area contributed by atoms with Crippen LogP contribution in [0.3, 0.4) is 0 Å². The molecule has 36 heavy (non-hydrogen) atoms. The second-order valence-corrected chi connectivity index (χ2v) is 7.89. The maximum atomic E-state index is 12.8. The van der Waals surface area contributed by atoms with Crippen LogP contribution in [0.2, 0.25) is 0 Å². The van der Waals surface area contributed by atoms with Gasteiger partial charge in [0.2, 0.25) is 11.6 Å². The number of imidazole rings is 1. The van der Waals surface area contributed by atoms with Crippen LogP contribution in [0.4, 0.5) is 5.69 Å². The van der Waals surface area contributed by atoms with Crippen LogP contribution in [0.5, 0.6) is 28.9 Å². The maximum Gasteiger partial charge on any atom is 0.255 e. The Morgan fingerprint density at radius 3 is 2.11 bits per heavy atom. The second-order valence-electron chi connectivity index (χ2n) is 7.89. The topological polar surface area (TPSA) is 110 Å². The fraction of sp³-hybridized carbons (Fsp3) is 0.231. The molecule has 2 aromatic heterocycles. The zero-order valence-corrected chi connectivity index (χ0v) is 20.9. The number of aryl methyl sites for hydroxylation is 2. The summed E-state index contributed by atoms with van der Waals surface area (Å²) >= 11 is 0. The molecule has 0 saturated heterocycles. The highest BCUT2D eigenvalue weighted by Gasteiger charge is 2.17. The molecule has 0 fully saturated rings. The summed E-state index contributed by atoms with van der Waals surface area (Å²) in [4.78, 5) is 26.0. The Morgan fingerprint density at radius 1 is 0.889 bits per heavy atom. The third-order valence-corrected chi connectivity index (χ3v) is 5.56. The Hall–Kier alpha value is -4.60. The number of hydrogen-bond donors (Lipinski definition) is 1. The predicted molar refractivity (Wildman–Crippen MR) is 134 cm³/mol. The fourth-order valence-corrected chi connectivity index (χ4v) is 3.57. The number of nitrogens with one attached hydrogen (secondary N) is 1. The summed E-state index contributed by atoms with van der Waals surface area (Å²) in [5.74, 6) is 3.08. The highest BCUT2D eigenvalue weighted by atomic mass is 16.5. The molecular formula is C26H27N5O5. The molecule has 1 amide bonds. The minimum atomic E-state index is -0.329. The van der Waals surface area contributed by atoms with Gasteiger partial charge in [-0.2, -0.15) is 4.98 Å². The molecule has 0 aliphatic rings. The number of ether oxygens (including phenoxy) is 4. The Morgan fingerprint density at radius 2 is 1.56 bits per heavy atom. The number of amides is 1. The Labute approximate surface area is 208 Å². The summed E-state index contributed by atoms with van der Waals surface area (Å²) in [5, 5.41) is 2.86. The molecule has 2 aromatic carbocycles. The normalized spacial score (nSPS) is 10.6. The molecule has 0 atom stereocenters. The lowest BCUT2D eigenvalue weighted by atomic mass is 10.1. The molecule has 0 bridgehead atoms. The predicted octanol–water partition coefficient (Wildman–Crippen LogP) is 4.66. The van der Waals surface area contributed by atoms with Crippen LogP contribution in [0, 0.1) is 20.8 Å². The lowest BCUT2D eigenvalue weighted by Crippen LogP contribution is -2.12. The molecule has 0 aliphatic heterocycles. The molecule has 0 saturated carbocycles. The molecule has 0 aliphatic carbocycles. The molecule has 1 N–H and O–H groups in total. The van der Waals surface area contributed by atoms with Crippen molar-refractivity contribution in [3.8, 4) is 34.7 Å². The van der Waals surface area contributed by atoms with Gasteiger partial charge in [0.05, 0.1) is 27.0 Å². The SMILES string of the molecule is COc1cc(C(=O)Nc2ccc(Oc3cc(-n4cnc(C)c4C)nc(C)n3)cc2)cc(OC)c1OC. The van der Waals surface area contributed by atoms with Crippen LogP contribution in [-0.4, -0.2) is 46.8 Å². The number of nitrogens with zero attached hydrogens (tertiary/aromatic N) is 4. The van der Waals surface area contributed by atoms with Crippen molar-refractivity contribution in [1.82, 2.24) is 19.5 Å². The average molecular weight is 490 g/mol. The smallest absolute Gasteiger partial charge is 0.255 e. The van der Waals surface area contributed by atoms with Crippen molar-refractivity contribution in [2.45, 2.75) is 20.8 Å². The zero-order chi connectivity index (χ0) is 25.8. The first kappa shape index (κ1) is 24.5. The summed E-state index contributed by atoms with van der Waals surface area (Å²) in [7, 11) is 4.50. The Balaban J connectivity index is 1.50. The molecule has 4 rings (SSSR count). The lowest BCUT2D eigenvalue weighted by molar-refractivity contribution is 0.102. The first-order valence-corrected chi connectivity index (χ1v) is 11.1. The lowest BCUT2D eigenvalue weighted by Gasteiger charge is -2.14. The third-order valence-electron chi connectivity index (χ3n) is 5.56. The van der Waals surface area contributed by atoms with E-state index in [4.69, 9.17) is 18.9 Å². The molecule has 0 spiro atoms. The van der Waals surface area contributed by atoms with Gasteiger partial charge in [-0.1, -0.05) is 0 Å². The number of aromatic nitrogens is 4. The number of hydrogen-bond acceptors (Lipinski definition) is 8. The van der Waals surface area contributed by atoms with Crippen molar-refractivity contribution in [1.29, 1.82) is 0 Å². The summed E-state index contributed by atoms with van der Waals surface area (Å²) in [6, 6.07) is 11.9. The van der Waals surface area contributed by atoms with E-state index in [0.29, 0.717) is 51.8 Å². The largest absolute Gasteiger partial charge is 0.493 e. The number of rotatable bonds is 8. The van der Waals surface area contributed by atoms with Gasteiger partial charge < -0.3 is 24.3 Å². The highest BCUT2D eigenvalue weighted by Crippen LogP contribution is 2.38. The van der Waals surface area contributed by atoms with Crippen LogP contribution in [-0.2, 0) is 0 Å². The molecule has 0 unspecified atom stereocenters. The van der Waals surface area contributed by atoms with Crippen molar-refractivity contribution in [2.75, 3.05) is 26.6 Å². The van der Waals surface area contributed by atoms with Crippen LogP contribution >= 0.6 is 0 Å². The molecule has 10 nitrogen and oxygen atoms in total. The van der Waals surface area contributed by atoms with E-state index in [1.54, 1.807) is 55.7 Å². The van der Waals surface area contributed by atoms with E-state index in [-0.39, 0.29) is 5.91 Å². The van der Waals surface area contributed by atoms with Crippen molar-refractivity contribution in [3.63, 3.8) is 0 Å². The first-order chi connectivity index (χ1) is 17.3. The van der Waals surface area contributed by atoms with Gasteiger partial charge in [0.1, 0.15) is 23.7 Å². The summed E-state index contributed by atoms with van der Waals surface area (Å²) in [5.41, 5.74) is 2.87. The van der Waals surface area contributed by atoms with Gasteiger partial charge >= 0.3 is 0 Å². The van der Waals surface area contributed by atoms with Gasteiger partial charge in [0.25, 0.3) is 5.91 Å². The van der Waals surface area contributed by atoms with Crippen LogP contribution in [0.25, 0.3) is 5.82 Å². The maximum absolute atomic E-state index is 12.8. The van der Waals surface area contributed by atoms with Crippen molar-refractivity contribution < 1.29 is 23.7 Å². The van der Waals surface area contributed by atoms with E-state index in [2.05, 4.69) is 20.3 Å². The van der Waals surface area contributed by atoms with Crippen LogP contribution < -0.4 is 24.3 Å². The van der Waals surface area contributed by atoms with Gasteiger partial charge in [0.15, 0.2) is 11.5 Å². The number of carbonyl (C=O) groups excluding carboxylic acids is 1. The number of methoxy groups -OCH3 is 3. The van der Waals surface area contributed by atoms with Gasteiger partial charge in [-0.05, 0) is 57.2 Å². The monoisotopic (exact) mass is 489 g/mol. The minimum absolute atomic E-state index is 0.329. The van der Waals surface area contributed by atoms with E-state index in [9.17, 15) is 4.79 Å². The standard InChI is InChI=1S/C26H27N5O5/c1-15-16(2)31(14-27-15)23-13-24(29-17(3)28-23)36-20-9-7-19(8-10-20)30-26(32)18-11-21(33-4)25(35-6)22(12-18)34-5/h7-14H,1-6H3,(H,30,32). The molecule has 0 radical (unpaired) electrons. The van der Waals surface area contributed by atoms with E-state index in [1.807, 2.05) is 18.4 Å². The Kier molecular flexibility index (Phi) is 7.05. The molecule has 10 heteroatoms. The van der Waals surface area contributed by atoms with Crippen LogP contribution in [0.1, 0.15) is 27.6 Å². The van der Waals surface area contributed by atoms with Crippen molar-refractivity contribution in [2.24, 2.45) is 0 Å². The molecular weight excluding hydrogens is 462 g/mol. The van der Waals surface area contributed by atoms with Gasteiger partial charge in [0, 0.05) is 23.0 Å². The van der Waals surface area contributed by atoms with E-state index >= 15 is 0 Å². The number of anilines is 1. The van der Waals surface area contributed by atoms with E-state index in [1.165, 1.54) is 21.3 Å². The number of benzene rings is 2. The molecule has 4 aromatic rings. The first-order valence-electron chi connectivity index (χ1n) is 11.1. The molecule has 186 valence electrons. The minimum Gasteiger partial charge on any atom is -0.493 e. The zero-order valence-electron chi connectivity index (χ0n) is 20.9. The highest BCUT2D eigenvalue weighted by molar-refractivity contribution is 6.05. The van der Waals surface area contributed by atoms with Gasteiger partial charge in [-0.25, -0.2) is 9.97 Å². The average Bonchev–Trinajstić information content (AvgIpc) is 3.21. The van der Waals surface area contributed by atoms with E-state index in [0.717, 1.165) is 11.4 Å². The Bertz CT molecular complexity index is 1370. The fourth-order valence-electron chi connectivity index (χ4n) is 3.57. The van der Waals surface area contributed by atoms with Crippen LogP contribution in [0.15, 0.2) is 48.8 Å². The summed E-state index contributed by atoms with van der Waals surface area (Å²) < 4.78 is 23.8. The second kappa shape index (κ2) is 10.3. The third kappa shape index (κ3) is 5.07. The van der Waals surface area contributed by atoms with Crippen molar-refractivity contribution in [3.05, 3.63) is 71.6 Å². The summed E-state index contributed by atoms with van der Waals surface area (Å²) in [6.45, 7) is 5.72. The van der Waals surface area contributed by atoms with E-state index < -0.39 is 0 Å². The summed E-state index contributed by atoms with van der Waals surface area (Å²) in [6.07, 6.45) is 1.72. The van der Waals surface area contributed by atoms with Gasteiger partial charge in [-0.15, -0.1) is 0 Å².